The highest BCUT2D eigenvalue weighted by molar-refractivity contribution is 5.88. The molecule has 5 heteroatoms. The van der Waals surface area contributed by atoms with Gasteiger partial charge in [-0.15, -0.1) is 0 Å². The third-order valence-electron chi connectivity index (χ3n) is 6.55. The number of piperidine rings is 1. The minimum Gasteiger partial charge on any atom is -0.392 e. The van der Waals surface area contributed by atoms with Crippen LogP contribution in [0.3, 0.4) is 0 Å². The van der Waals surface area contributed by atoms with Crippen LogP contribution in [-0.2, 0) is 16.8 Å². The van der Waals surface area contributed by atoms with Gasteiger partial charge in [-0.3, -0.25) is 4.79 Å². The van der Waals surface area contributed by atoms with Crippen LogP contribution < -0.4 is 0 Å². The van der Waals surface area contributed by atoms with E-state index in [1.165, 1.54) is 5.56 Å². The summed E-state index contributed by atoms with van der Waals surface area (Å²) in [7, 11) is 0. The number of likely N-dealkylation sites (tertiary alicyclic amines) is 1. The van der Waals surface area contributed by atoms with E-state index in [0.717, 1.165) is 68.7 Å². The molecule has 1 saturated carbocycles. The summed E-state index contributed by atoms with van der Waals surface area (Å²) in [4.78, 5) is 24.5. The molecule has 0 bridgehead atoms. The van der Waals surface area contributed by atoms with Gasteiger partial charge in [-0.25, -0.2) is 9.97 Å². The van der Waals surface area contributed by atoms with Crippen molar-refractivity contribution in [3.8, 4) is 0 Å². The number of aliphatic hydroxyl groups excluding tert-OH is 1. The molecule has 1 aromatic heterocycles. The number of nitrogens with zero attached hydrogens (tertiary/aromatic N) is 3. The van der Waals surface area contributed by atoms with Gasteiger partial charge in [-0.05, 0) is 38.2 Å². The first-order valence-electron chi connectivity index (χ1n) is 10.4. The van der Waals surface area contributed by atoms with E-state index in [9.17, 15) is 9.90 Å². The van der Waals surface area contributed by atoms with Crippen LogP contribution in [0.15, 0.2) is 36.5 Å². The Bertz CT molecular complexity index is 823. The molecule has 2 fully saturated rings. The first-order chi connectivity index (χ1) is 13.6. The lowest BCUT2D eigenvalue weighted by Gasteiger charge is -2.39. The molecule has 1 aliphatic heterocycles. The molecule has 2 heterocycles. The predicted molar refractivity (Wildman–Crippen MR) is 108 cm³/mol. The molecular formula is C23H29N3O2. The SMILES string of the molecule is Cc1ncc(CO)c(C2CCN(C(=O)C3(c4ccccc4)CCCC3)CC2)n1. The summed E-state index contributed by atoms with van der Waals surface area (Å²) in [6.45, 7) is 3.36. The maximum atomic E-state index is 13.6. The van der Waals surface area contributed by atoms with E-state index < -0.39 is 0 Å². The van der Waals surface area contributed by atoms with Crippen LogP contribution in [0.25, 0.3) is 0 Å². The first-order valence-corrected chi connectivity index (χ1v) is 10.4. The zero-order valence-corrected chi connectivity index (χ0v) is 16.6. The van der Waals surface area contributed by atoms with Gasteiger partial charge in [0.25, 0.3) is 0 Å². The summed E-state index contributed by atoms with van der Waals surface area (Å²) in [5.41, 5.74) is 2.61. The molecule has 1 aliphatic carbocycles. The van der Waals surface area contributed by atoms with Gasteiger partial charge >= 0.3 is 0 Å². The maximum Gasteiger partial charge on any atom is 0.233 e. The quantitative estimate of drug-likeness (QED) is 0.883. The molecule has 4 rings (SSSR count). The fourth-order valence-corrected chi connectivity index (χ4v) is 5.01. The van der Waals surface area contributed by atoms with E-state index in [1.807, 2.05) is 25.1 Å². The summed E-state index contributed by atoms with van der Waals surface area (Å²) < 4.78 is 0. The molecule has 1 aromatic carbocycles. The van der Waals surface area contributed by atoms with Gasteiger partial charge in [-0.1, -0.05) is 43.2 Å². The Kier molecular flexibility index (Phi) is 5.44. The monoisotopic (exact) mass is 379 g/mol. The van der Waals surface area contributed by atoms with Crippen molar-refractivity contribution in [3.05, 3.63) is 59.2 Å². The van der Waals surface area contributed by atoms with Crippen LogP contribution in [-0.4, -0.2) is 39.0 Å². The van der Waals surface area contributed by atoms with Gasteiger partial charge in [0.15, 0.2) is 0 Å². The van der Waals surface area contributed by atoms with E-state index in [1.54, 1.807) is 6.20 Å². The van der Waals surface area contributed by atoms with Gasteiger partial charge in [0.2, 0.25) is 5.91 Å². The number of aryl methyl sites for hydroxylation is 1. The summed E-state index contributed by atoms with van der Waals surface area (Å²) in [5.74, 6) is 1.32. The van der Waals surface area contributed by atoms with Crippen molar-refractivity contribution in [3.63, 3.8) is 0 Å². The zero-order chi connectivity index (χ0) is 19.6. The number of carbonyl (C=O) groups is 1. The lowest BCUT2D eigenvalue weighted by atomic mass is 9.77. The number of carbonyl (C=O) groups excluding carboxylic acids is 1. The Morgan fingerprint density at radius 2 is 1.86 bits per heavy atom. The molecule has 0 unspecified atom stereocenters. The summed E-state index contributed by atoms with van der Waals surface area (Å²) in [5, 5.41) is 9.64. The van der Waals surface area contributed by atoms with Crippen molar-refractivity contribution < 1.29 is 9.90 Å². The molecule has 0 spiro atoms. The number of hydrogen-bond acceptors (Lipinski definition) is 4. The van der Waals surface area contributed by atoms with Crippen molar-refractivity contribution in [1.82, 2.24) is 14.9 Å². The number of rotatable bonds is 4. The Hall–Kier alpha value is -2.27. The second kappa shape index (κ2) is 8.00. The summed E-state index contributed by atoms with van der Waals surface area (Å²) in [6, 6.07) is 10.3. The molecule has 28 heavy (non-hydrogen) atoms. The Labute approximate surface area is 166 Å². The van der Waals surface area contributed by atoms with Crippen LogP contribution in [0.1, 0.15) is 67.1 Å². The van der Waals surface area contributed by atoms with Crippen LogP contribution >= 0.6 is 0 Å². The predicted octanol–water partition coefficient (Wildman–Crippen LogP) is 3.50. The normalized spacial score (nSPS) is 19.7. The van der Waals surface area contributed by atoms with Crippen LogP contribution in [0.4, 0.5) is 0 Å². The highest BCUT2D eigenvalue weighted by Crippen LogP contribution is 2.43. The van der Waals surface area contributed by atoms with Crippen molar-refractivity contribution in [2.24, 2.45) is 0 Å². The third kappa shape index (κ3) is 3.44. The smallest absolute Gasteiger partial charge is 0.233 e. The zero-order valence-electron chi connectivity index (χ0n) is 16.6. The van der Waals surface area contributed by atoms with Crippen molar-refractivity contribution >= 4 is 5.91 Å². The molecule has 1 saturated heterocycles. The van der Waals surface area contributed by atoms with Crippen molar-refractivity contribution in [2.45, 2.75) is 63.4 Å². The molecule has 1 amide bonds. The minimum absolute atomic E-state index is 0.0358. The second-order valence-corrected chi connectivity index (χ2v) is 8.21. The van der Waals surface area contributed by atoms with E-state index in [4.69, 9.17) is 0 Å². The fraction of sp³-hybridized carbons (Fsp3) is 0.522. The van der Waals surface area contributed by atoms with Gasteiger partial charge in [-0.2, -0.15) is 0 Å². The van der Waals surface area contributed by atoms with Crippen LogP contribution in [0.5, 0.6) is 0 Å². The van der Waals surface area contributed by atoms with Crippen LogP contribution in [0, 0.1) is 6.92 Å². The molecular weight excluding hydrogens is 350 g/mol. The lowest BCUT2D eigenvalue weighted by molar-refractivity contribution is -0.138. The molecule has 148 valence electrons. The molecule has 1 N–H and O–H groups in total. The number of aliphatic hydroxyl groups is 1. The van der Waals surface area contributed by atoms with Gasteiger partial charge in [0, 0.05) is 30.8 Å². The number of benzene rings is 1. The maximum absolute atomic E-state index is 13.6. The largest absolute Gasteiger partial charge is 0.392 e. The Morgan fingerprint density at radius 1 is 1.18 bits per heavy atom. The van der Waals surface area contributed by atoms with Gasteiger partial charge < -0.3 is 10.0 Å². The standard InChI is InChI=1S/C23H29N3O2/c1-17-24-15-19(16-27)21(25-17)18-9-13-26(14-10-18)22(28)23(11-5-6-12-23)20-7-3-2-4-8-20/h2-4,7-8,15,18,27H,5-6,9-14,16H2,1H3. The van der Waals surface area contributed by atoms with E-state index in [-0.39, 0.29) is 17.9 Å². The Balaban J connectivity index is 1.50. The first kappa shape index (κ1) is 19.1. The average Bonchev–Trinajstić information content (AvgIpc) is 3.25. The van der Waals surface area contributed by atoms with Crippen molar-refractivity contribution in [1.29, 1.82) is 0 Å². The number of aromatic nitrogens is 2. The molecule has 0 atom stereocenters. The van der Waals surface area contributed by atoms with Crippen molar-refractivity contribution in [2.75, 3.05) is 13.1 Å². The average molecular weight is 380 g/mol. The molecule has 0 radical (unpaired) electrons. The number of amides is 1. The summed E-state index contributed by atoms with van der Waals surface area (Å²) in [6.07, 6.45) is 7.66. The van der Waals surface area contributed by atoms with E-state index >= 15 is 0 Å². The Morgan fingerprint density at radius 3 is 2.50 bits per heavy atom. The van der Waals surface area contributed by atoms with Gasteiger partial charge in [0.1, 0.15) is 5.82 Å². The topological polar surface area (TPSA) is 66.3 Å². The van der Waals surface area contributed by atoms with E-state index in [0.29, 0.717) is 5.91 Å². The second-order valence-electron chi connectivity index (χ2n) is 8.21. The molecule has 2 aliphatic rings. The number of hydrogen-bond donors (Lipinski definition) is 1. The van der Waals surface area contributed by atoms with Crippen LogP contribution in [0.2, 0.25) is 0 Å². The third-order valence-corrected chi connectivity index (χ3v) is 6.55. The molecule has 5 nitrogen and oxygen atoms in total. The lowest BCUT2D eigenvalue weighted by Crippen LogP contribution is -2.48. The summed E-state index contributed by atoms with van der Waals surface area (Å²) >= 11 is 0. The minimum atomic E-state index is -0.337. The fourth-order valence-electron chi connectivity index (χ4n) is 5.01. The van der Waals surface area contributed by atoms with E-state index in [2.05, 4.69) is 27.0 Å². The van der Waals surface area contributed by atoms with Gasteiger partial charge in [0.05, 0.1) is 17.7 Å². The molecule has 2 aromatic rings. The highest BCUT2D eigenvalue weighted by Gasteiger charge is 2.45. The highest BCUT2D eigenvalue weighted by atomic mass is 16.3.